The van der Waals surface area contributed by atoms with Crippen LogP contribution < -0.4 is 0 Å². The Bertz CT molecular complexity index is 436. The van der Waals surface area contributed by atoms with Crippen molar-refractivity contribution in [1.82, 2.24) is 0 Å². The maximum absolute atomic E-state index is 11.5. The monoisotopic (exact) mass is 228 g/mol. The van der Waals surface area contributed by atoms with Crippen LogP contribution in [0, 0.1) is 5.92 Å². The van der Waals surface area contributed by atoms with E-state index in [0.29, 0.717) is 0 Å². The summed E-state index contributed by atoms with van der Waals surface area (Å²) in [4.78, 5) is 11.5. The maximum atomic E-state index is 11.5. The van der Waals surface area contributed by atoms with Crippen LogP contribution in [-0.2, 0) is 4.79 Å². The van der Waals surface area contributed by atoms with Gasteiger partial charge in [-0.1, -0.05) is 56.3 Å². The molecule has 0 aliphatic heterocycles. The predicted octanol–water partition coefficient (Wildman–Crippen LogP) is 4.26. The Morgan fingerprint density at radius 2 is 1.71 bits per heavy atom. The molecule has 0 saturated heterocycles. The van der Waals surface area contributed by atoms with Crippen molar-refractivity contribution in [2.24, 2.45) is 5.92 Å². The van der Waals surface area contributed by atoms with Gasteiger partial charge in [0, 0.05) is 5.57 Å². The van der Waals surface area contributed by atoms with Gasteiger partial charge in [-0.15, -0.1) is 0 Å². The van der Waals surface area contributed by atoms with Crippen molar-refractivity contribution in [2.45, 2.75) is 27.7 Å². The molecule has 0 unspecified atom stereocenters. The van der Waals surface area contributed by atoms with E-state index in [1.165, 1.54) is 0 Å². The van der Waals surface area contributed by atoms with Crippen LogP contribution in [0.1, 0.15) is 33.3 Å². The normalized spacial score (nSPS) is 13.0. The highest BCUT2D eigenvalue weighted by molar-refractivity contribution is 5.95. The largest absolute Gasteiger partial charge is 0.295 e. The van der Waals surface area contributed by atoms with Crippen LogP contribution in [-0.4, -0.2) is 5.78 Å². The van der Waals surface area contributed by atoms with Crippen molar-refractivity contribution in [3.8, 4) is 0 Å². The molecule has 0 aliphatic carbocycles. The number of hydrogen-bond acceptors (Lipinski definition) is 1. The summed E-state index contributed by atoms with van der Waals surface area (Å²) >= 11 is 0. The molecule has 90 valence electrons. The first kappa shape index (κ1) is 13.4. The Morgan fingerprint density at radius 3 is 2.18 bits per heavy atom. The van der Waals surface area contributed by atoms with Crippen molar-refractivity contribution in [3.63, 3.8) is 0 Å². The van der Waals surface area contributed by atoms with Gasteiger partial charge in [0.1, 0.15) is 0 Å². The molecule has 0 fully saturated rings. The highest BCUT2D eigenvalue weighted by atomic mass is 16.1. The average Bonchev–Trinajstić information content (AvgIpc) is 2.27. The Hall–Kier alpha value is -1.63. The zero-order valence-electron chi connectivity index (χ0n) is 11.0. The molecule has 0 saturated carbocycles. The number of Topliss-reactive ketones (excluding diaryl/α,β-unsaturated/α-hetero) is 1. The molecule has 1 rings (SSSR count). The second kappa shape index (κ2) is 6.19. The fraction of sp³-hybridized carbons (Fsp3) is 0.312. The molecule has 1 nitrogen and oxygen atoms in total. The Balaban J connectivity index is 2.97. The van der Waals surface area contributed by atoms with E-state index < -0.39 is 0 Å². The fourth-order valence-corrected chi connectivity index (χ4v) is 2.01. The molecular weight excluding hydrogens is 208 g/mol. The minimum absolute atomic E-state index is 0.162. The molecule has 0 atom stereocenters. The molecule has 0 radical (unpaired) electrons. The van der Waals surface area contributed by atoms with Crippen LogP contribution in [0.3, 0.4) is 0 Å². The van der Waals surface area contributed by atoms with Gasteiger partial charge in [0.25, 0.3) is 0 Å². The van der Waals surface area contributed by atoms with Crippen molar-refractivity contribution in [3.05, 3.63) is 53.1 Å². The molecule has 17 heavy (non-hydrogen) atoms. The van der Waals surface area contributed by atoms with E-state index in [4.69, 9.17) is 0 Å². The van der Waals surface area contributed by atoms with E-state index in [1.807, 2.05) is 49.4 Å². The van der Waals surface area contributed by atoms with Gasteiger partial charge in [0.2, 0.25) is 0 Å². The predicted molar refractivity (Wildman–Crippen MR) is 73.7 cm³/mol. The van der Waals surface area contributed by atoms with E-state index in [-0.39, 0.29) is 11.7 Å². The van der Waals surface area contributed by atoms with Crippen LogP contribution >= 0.6 is 0 Å². The lowest BCUT2D eigenvalue weighted by Gasteiger charge is -2.10. The zero-order valence-corrected chi connectivity index (χ0v) is 11.0. The van der Waals surface area contributed by atoms with Gasteiger partial charge < -0.3 is 0 Å². The molecule has 0 heterocycles. The first-order chi connectivity index (χ1) is 8.02. The highest BCUT2D eigenvalue weighted by Crippen LogP contribution is 2.17. The number of hydrogen-bond donors (Lipinski definition) is 0. The van der Waals surface area contributed by atoms with Gasteiger partial charge in [-0.3, -0.25) is 4.79 Å². The lowest BCUT2D eigenvalue weighted by molar-refractivity contribution is -0.114. The molecule has 1 heteroatoms. The zero-order chi connectivity index (χ0) is 12.8. The highest BCUT2D eigenvalue weighted by Gasteiger charge is 2.10. The van der Waals surface area contributed by atoms with Gasteiger partial charge in [0.05, 0.1) is 0 Å². The Kier molecular flexibility index (Phi) is 4.89. The first-order valence-corrected chi connectivity index (χ1v) is 5.97. The first-order valence-electron chi connectivity index (χ1n) is 5.97. The van der Waals surface area contributed by atoms with Crippen LogP contribution in [0.4, 0.5) is 0 Å². The number of ketones is 1. The molecule has 1 aromatic carbocycles. The smallest absolute Gasteiger partial charge is 0.156 e. The lowest BCUT2D eigenvalue weighted by atomic mass is 9.94. The lowest BCUT2D eigenvalue weighted by Crippen LogP contribution is -2.06. The summed E-state index contributed by atoms with van der Waals surface area (Å²) in [7, 11) is 0. The van der Waals surface area contributed by atoms with Crippen LogP contribution in [0.2, 0.25) is 0 Å². The minimum Gasteiger partial charge on any atom is -0.295 e. The van der Waals surface area contributed by atoms with E-state index >= 15 is 0 Å². The van der Waals surface area contributed by atoms with Gasteiger partial charge >= 0.3 is 0 Å². The summed E-state index contributed by atoms with van der Waals surface area (Å²) in [5, 5.41) is 0. The molecule has 1 aromatic rings. The third kappa shape index (κ3) is 4.03. The number of carbonyl (C=O) groups excluding carboxylic acids is 1. The number of allylic oxidation sites excluding steroid dienone is 3. The van der Waals surface area contributed by atoms with E-state index in [9.17, 15) is 4.79 Å². The topological polar surface area (TPSA) is 17.1 Å². The van der Waals surface area contributed by atoms with Crippen LogP contribution in [0.25, 0.3) is 6.08 Å². The summed E-state index contributed by atoms with van der Waals surface area (Å²) in [6.45, 7) is 7.73. The average molecular weight is 228 g/mol. The summed E-state index contributed by atoms with van der Waals surface area (Å²) in [6.07, 6.45) is 4.06. The van der Waals surface area contributed by atoms with Crippen LogP contribution in [0.5, 0.6) is 0 Å². The Labute approximate surface area is 104 Å². The minimum atomic E-state index is 0.162. The number of rotatable bonds is 4. The van der Waals surface area contributed by atoms with E-state index in [0.717, 1.165) is 16.7 Å². The molecule has 0 amide bonds. The van der Waals surface area contributed by atoms with E-state index in [2.05, 4.69) is 13.8 Å². The van der Waals surface area contributed by atoms with Crippen molar-refractivity contribution < 1.29 is 4.79 Å². The van der Waals surface area contributed by atoms with E-state index in [1.54, 1.807) is 6.92 Å². The second-order valence-electron chi connectivity index (χ2n) is 4.55. The summed E-state index contributed by atoms with van der Waals surface area (Å²) < 4.78 is 0. The molecule has 0 spiro atoms. The molecule has 0 aromatic heterocycles. The summed E-state index contributed by atoms with van der Waals surface area (Å²) in [5.74, 6) is 0.433. The molecule has 0 N–H and O–H groups in total. The third-order valence-corrected chi connectivity index (χ3v) is 2.71. The summed E-state index contributed by atoms with van der Waals surface area (Å²) in [6, 6.07) is 10.1. The van der Waals surface area contributed by atoms with Crippen molar-refractivity contribution >= 4 is 11.9 Å². The number of benzene rings is 1. The van der Waals surface area contributed by atoms with Crippen LogP contribution in [0.15, 0.2) is 47.6 Å². The quantitative estimate of drug-likeness (QED) is 0.556. The fourth-order valence-electron chi connectivity index (χ4n) is 2.01. The van der Waals surface area contributed by atoms with Gasteiger partial charge in [0.15, 0.2) is 5.78 Å². The van der Waals surface area contributed by atoms with Crippen molar-refractivity contribution in [1.29, 1.82) is 0 Å². The van der Waals surface area contributed by atoms with Gasteiger partial charge in [-0.25, -0.2) is 0 Å². The summed E-state index contributed by atoms with van der Waals surface area (Å²) in [5.41, 5.74) is 3.12. The van der Waals surface area contributed by atoms with Gasteiger partial charge in [-0.05, 0) is 30.9 Å². The molecule has 0 bridgehead atoms. The Morgan fingerprint density at radius 1 is 1.12 bits per heavy atom. The standard InChI is InChI=1S/C16H20O/c1-12(2)16(14(4)17)13(3)10-11-15-8-6-5-7-9-15/h5-12H,1-4H3. The molecular formula is C16H20O. The second-order valence-corrected chi connectivity index (χ2v) is 4.55. The third-order valence-electron chi connectivity index (χ3n) is 2.71. The maximum Gasteiger partial charge on any atom is 0.156 e. The van der Waals surface area contributed by atoms with Gasteiger partial charge in [-0.2, -0.15) is 0 Å². The van der Waals surface area contributed by atoms with Crippen molar-refractivity contribution in [2.75, 3.05) is 0 Å². The number of carbonyl (C=O) groups is 1. The molecule has 0 aliphatic rings. The SMILES string of the molecule is CC(=O)C(=C(C)C=Cc1ccccc1)C(C)C.